The molecule has 102 valence electrons. The number of non-ortho nitro benzene ring substituents is 1. The second kappa shape index (κ2) is 5.62. The molecule has 8 heteroatoms. The number of nitrogens with zero attached hydrogens (tertiary/aromatic N) is 2. The molecular formula is C12H7ClFN3O3. The Bertz CT molecular complexity index is 693. The molecule has 0 saturated carbocycles. The van der Waals surface area contributed by atoms with E-state index >= 15 is 0 Å². The van der Waals surface area contributed by atoms with Crippen LogP contribution < -0.4 is 5.32 Å². The first kappa shape index (κ1) is 13.9. The quantitative estimate of drug-likeness (QED) is 0.696. The summed E-state index contributed by atoms with van der Waals surface area (Å²) in [6, 6.07) is 5.57. The standard InChI is InChI=1S/C12H7ClFN3O3/c13-7-3-4-15-11(5-7)16-12(18)9-6-8(17(19)20)1-2-10(9)14/h1-6H,(H,15,16,18). The average molecular weight is 296 g/mol. The lowest BCUT2D eigenvalue weighted by atomic mass is 10.1. The first-order valence-corrected chi connectivity index (χ1v) is 5.72. The second-order valence-electron chi connectivity index (χ2n) is 3.73. The number of amides is 1. The fraction of sp³-hybridized carbons (Fsp3) is 0. The maximum atomic E-state index is 13.5. The Hall–Kier alpha value is -2.54. The lowest BCUT2D eigenvalue weighted by Gasteiger charge is -2.05. The molecule has 1 heterocycles. The first-order valence-electron chi connectivity index (χ1n) is 5.34. The Kier molecular flexibility index (Phi) is 3.90. The lowest BCUT2D eigenvalue weighted by molar-refractivity contribution is -0.384. The van der Waals surface area contributed by atoms with Gasteiger partial charge in [0.25, 0.3) is 11.6 Å². The lowest BCUT2D eigenvalue weighted by Crippen LogP contribution is -2.15. The van der Waals surface area contributed by atoms with Crippen LogP contribution in [0, 0.1) is 15.9 Å². The van der Waals surface area contributed by atoms with Gasteiger partial charge in [-0.15, -0.1) is 0 Å². The highest BCUT2D eigenvalue weighted by atomic mass is 35.5. The predicted octanol–water partition coefficient (Wildman–Crippen LogP) is 3.03. The Morgan fingerprint density at radius 3 is 2.75 bits per heavy atom. The van der Waals surface area contributed by atoms with Gasteiger partial charge in [0.15, 0.2) is 0 Å². The number of rotatable bonds is 3. The van der Waals surface area contributed by atoms with Crippen LogP contribution in [0.1, 0.15) is 10.4 Å². The molecule has 1 aromatic heterocycles. The van der Waals surface area contributed by atoms with E-state index < -0.39 is 22.2 Å². The smallest absolute Gasteiger partial charge is 0.270 e. The van der Waals surface area contributed by atoms with Crippen molar-refractivity contribution in [1.29, 1.82) is 0 Å². The highest BCUT2D eigenvalue weighted by Crippen LogP contribution is 2.18. The fourth-order valence-corrected chi connectivity index (χ4v) is 1.62. The van der Waals surface area contributed by atoms with Gasteiger partial charge < -0.3 is 5.32 Å². The maximum Gasteiger partial charge on any atom is 0.270 e. The van der Waals surface area contributed by atoms with Crippen LogP contribution in [-0.4, -0.2) is 15.8 Å². The number of pyridine rings is 1. The zero-order valence-corrected chi connectivity index (χ0v) is 10.6. The third-order valence-electron chi connectivity index (χ3n) is 2.37. The zero-order chi connectivity index (χ0) is 14.7. The highest BCUT2D eigenvalue weighted by Gasteiger charge is 2.17. The number of hydrogen-bond donors (Lipinski definition) is 1. The van der Waals surface area contributed by atoms with E-state index in [4.69, 9.17) is 11.6 Å². The van der Waals surface area contributed by atoms with Crippen LogP contribution in [0.3, 0.4) is 0 Å². The minimum absolute atomic E-state index is 0.119. The third kappa shape index (κ3) is 3.07. The Labute approximate surface area is 117 Å². The van der Waals surface area contributed by atoms with E-state index in [0.29, 0.717) is 5.02 Å². The third-order valence-corrected chi connectivity index (χ3v) is 2.60. The molecule has 0 aliphatic rings. The van der Waals surface area contributed by atoms with E-state index in [1.165, 1.54) is 18.3 Å². The first-order chi connectivity index (χ1) is 9.47. The molecule has 20 heavy (non-hydrogen) atoms. The van der Waals surface area contributed by atoms with Gasteiger partial charge in [0.2, 0.25) is 0 Å². The van der Waals surface area contributed by atoms with Crippen molar-refractivity contribution < 1.29 is 14.1 Å². The van der Waals surface area contributed by atoms with Crippen molar-refractivity contribution in [1.82, 2.24) is 4.98 Å². The molecule has 0 aliphatic carbocycles. The number of carbonyl (C=O) groups excluding carboxylic acids is 1. The van der Waals surface area contributed by atoms with E-state index in [9.17, 15) is 19.3 Å². The van der Waals surface area contributed by atoms with E-state index in [1.807, 2.05) is 0 Å². The number of aromatic nitrogens is 1. The summed E-state index contributed by atoms with van der Waals surface area (Å²) in [5, 5.41) is 13.3. The van der Waals surface area contributed by atoms with Crippen molar-refractivity contribution in [2.24, 2.45) is 0 Å². The number of hydrogen-bond acceptors (Lipinski definition) is 4. The molecule has 0 unspecified atom stereocenters. The summed E-state index contributed by atoms with van der Waals surface area (Å²) in [6.45, 7) is 0. The van der Waals surface area contributed by atoms with Crippen molar-refractivity contribution in [3.8, 4) is 0 Å². The topological polar surface area (TPSA) is 85.1 Å². The molecule has 0 radical (unpaired) electrons. The minimum atomic E-state index is -0.866. The normalized spacial score (nSPS) is 10.1. The summed E-state index contributed by atoms with van der Waals surface area (Å²) in [5.74, 6) is -1.59. The van der Waals surface area contributed by atoms with Crippen molar-refractivity contribution >= 4 is 29.0 Å². The van der Waals surface area contributed by atoms with Crippen LogP contribution in [-0.2, 0) is 0 Å². The van der Waals surface area contributed by atoms with Gasteiger partial charge in [-0.2, -0.15) is 0 Å². The Morgan fingerprint density at radius 2 is 2.10 bits per heavy atom. The van der Waals surface area contributed by atoms with Gasteiger partial charge in [-0.3, -0.25) is 14.9 Å². The predicted molar refractivity (Wildman–Crippen MR) is 70.3 cm³/mol. The van der Waals surface area contributed by atoms with E-state index in [2.05, 4.69) is 10.3 Å². The monoisotopic (exact) mass is 295 g/mol. The van der Waals surface area contributed by atoms with Crippen molar-refractivity contribution in [2.75, 3.05) is 5.32 Å². The molecule has 0 bridgehead atoms. The SMILES string of the molecule is O=C(Nc1cc(Cl)ccn1)c1cc([N+](=O)[O-])ccc1F. The molecule has 1 N–H and O–H groups in total. The van der Waals surface area contributed by atoms with Gasteiger partial charge in [0.1, 0.15) is 11.6 Å². The molecule has 1 amide bonds. The van der Waals surface area contributed by atoms with Crippen molar-refractivity contribution in [3.63, 3.8) is 0 Å². The minimum Gasteiger partial charge on any atom is -0.306 e. The number of carbonyl (C=O) groups is 1. The summed E-state index contributed by atoms with van der Waals surface area (Å²) >= 11 is 5.72. The summed E-state index contributed by atoms with van der Waals surface area (Å²) in [5.41, 5.74) is -0.823. The van der Waals surface area contributed by atoms with Crippen LogP contribution in [0.5, 0.6) is 0 Å². The van der Waals surface area contributed by atoms with E-state index in [1.54, 1.807) is 0 Å². The number of nitro benzene ring substituents is 1. The van der Waals surface area contributed by atoms with Crippen LogP contribution in [0.4, 0.5) is 15.9 Å². The highest BCUT2D eigenvalue weighted by molar-refractivity contribution is 6.30. The average Bonchev–Trinajstić information content (AvgIpc) is 2.38. The summed E-state index contributed by atoms with van der Waals surface area (Å²) in [4.78, 5) is 25.6. The van der Waals surface area contributed by atoms with Gasteiger partial charge in [-0.25, -0.2) is 9.37 Å². The molecule has 6 nitrogen and oxygen atoms in total. The van der Waals surface area contributed by atoms with Crippen LogP contribution in [0.25, 0.3) is 0 Å². The molecule has 0 saturated heterocycles. The summed E-state index contributed by atoms with van der Waals surface area (Å²) in [7, 11) is 0. The number of halogens is 2. The largest absolute Gasteiger partial charge is 0.306 e. The van der Waals surface area contributed by atoms with E-state index in [-0.39, 0.29) is 11.5 Å². The zero-order valence-electron chi connectivity index (χ0n) is 9.84. The number of benzene rings is 1. The van der Waals surface area contributed by atoms with Gasteiger partial charge in [-0.05, 0) is 18.2 Å². The van der Waals surface area contributed by atoms with Gasteiger partial charge in [0.05, 0.1) is 10.5 Å². The van der Waals surface area contributed by atoms with Crippen molar-refractivity contribution in [2.45, 2.75) is 0 Å². The molecule has 0 aliphatic heterocycles. The van der Waals surface area contributed by atoms with Gasteiger partial charge in [-0.1, -0.05) is 11.6 Å². The molecule has 0 spiro atoms. The molecule has 2 rings (SSSR count). The number of nitro groups is 1. The van der Waals surface area contributed by atoms with Gasteiger partial charge in [0, 0.05) is 23.4 Å². The van der Waals surface area contributed by atoms with Gasteiger partial charge >= 0.3 is 0 Å². The van der Waals surface area contributed by atoms with Crippen LogP contribution in [0.15, 0.2) is 36.5 Å². The van der Waals surface area contributed by atoms with E-state index in [0.717, 1.165) is 18.2 Å². The molecule has 1 aromatic carbocycles. The Morgan fingerprint density at radius 1 is 1.35 bits per heavy atom. The van der Waals surface area contributed by atoms with Crippen molar-refractivity contribution in [3.05, 3.63) is 63.0 Å². The maximum absolute atomic E-state index is 13.5. The van der Waals surface area contributed by atoms with Crippen LogP contribution in [0.2, 0.25) is 5.02 Å². The Balaban J connectivity index is 2.29. The summed E-state index contributed by atoms with van der Waals surface area (Å²) in [6.07, 6.45) is 1.36. The number of nitrogens with one attached hydrogen (secondary N) is 1. The number of anilines is 1. The molecule has 0 fully saturated rings. The molecule has 2 aromatic rings. The fourth-order valence-electron chi connectivity index (χ4n) is 1.46. The molecule has 0 atom stereocenters. The summed E-state index contributed by atoms with van der Waals surface area (Å²) < 4.78 is 13.5. The second-order valence-corrected chi connectivity index (χ2v) is 4.17. The molecular weight excluding hydrogens is 289 g/mol. The van der Waals surface area contributed by atoms with Crippen LogP contribution >= 0.6 is 11.6 Å².